The van der Waals surface area contributed by atoms with Gasteiger partial charge in [-0.25, -0.2) is 13.1 Å². The first kappa shape index (κ1) is 22.0. The second kappa shape index (κ2) is 9.78. The fourth-order valence-electron chi connectivity index (χ4n) is 3.18. The molecule has 0 saturated heterocycles. The summed E-state index contributed by atoms with van der Waals surface area (Å²) in [5.41, 5.74) is 2.34. The number of rotatable bonds is 10. The van der Waals surface area contributed by atoms with Crippen LogP contribution in [-0.2, 0) is 10.0 Å². The fourth-order valence-corrected chi connectivity index (χ4v) is 4.03. The van der Waals surface area contributed by atoms with Crippen molar-refractivity contribution in [2.75, 3.05) is 18.4 Å². The van der Waals surface area contributed by atoms with Crippen molar-refractivity contribution in [3.63, 3.8) is 0 Å². The van der Waals surface area contributed by atoms with E-state index in [4.69, 9.17) is 4.74 Å². The Morgan fingerprint density at radius 1 is 1.07 bits per heavy atom. The normalized spacial score (nSPS) is 15.9. The molecule has 1 aromatic carbocycles. The maximum Gasteiger partial charge on any atom is 0.216 e. The van der Waals surface area contributed by atoms with Gasteiger partial charge in [-0.15, -0.1) is 0 Å². The smallest absolute Gasteiger partial charge is 0.216 e. The van der Waals surface area contributed by atoms with Crippen molar-refractivity contribution in [2.24, 2.45) is 0 Å². The second-order valence-corrected chi connectivity index (χ2v) is 11.0. The molecule has 5 nitrogen and oxygen atoms in total. The molecule has 0 amide bonds. The minimum absolute atomic E-state index is 0.388. The van der Waals surface area contributed by atoms with Crippen LogP contribution in [0.3, 0.4) is 0 Å². The highest BCUT2D eigenvalue weighted by atomic mass is 32.2. The minimum atomic E-state index is -3.23. The van der Waals surface area contributed by atoms with Crippen LogP contribution in [0.1, 0.15) is 71.3 Å². The molecule has 1 aliphatic carbocycles. The lowest BCUT2D eigenvalue weighted by Crippen LogP contribution is -2.39. The summed E-state index contributed by atoms with van der Waals surface area (Å²) in [6, 6.07) is 6.26. The Hall–Kier alpha value is -1.27. The second-order valence-electron chi connectivity index (χ2n) is 8.50. The molecule has 0 spiro atoms. The molecule has 1 fully saturated rings. The first-order valence-electron chi connectivity index (χ1n) is 10.2. The van der Waals surface area contributed by atoms with Gasteiger partial charge in [0, 0.05) is 18.8 Å². The molecule has 0 atom stereocenters. The average molecular weight is 397 g/mol. The van der Waals surface area contributed by atoms with Gasteiger partial charge in [0.1, 0.15) is 5.75 Å². The molecule has 0 unspecified atom stereocenters. The maximum absolute atomic E-state index is 12.0. The molecule has 0 bridgehead atoms. The molecule has 0 aliphatic heterocycles. The van der Waals surface area contributed by atoms with E-state index >= 15 is 0 Å². The summed E-state index contributed by atoms with van der Waals surface area (Å²) in [7, 11) is -3.23. The van der Waals surface area contributed by atoms with E-state index in [2.05, 4.69) is 35.2 Å². The van der Waals surface area contributed by atoms with Gasteiger partial charge in [0.05, 0.1) is 10.9 Å². The van der Waals surface area contributed by atoms with Crippen molar-refractivity contribution in [1.29, 1.82) is 0 Å². The number of hydrogen-bond donors (Lipinski definition) is 2. The highest BCUT2D eigenvalue weighted by molar-refractivity contribution is 7.90. The van der Waals surface area contributed by atoms with Gasteiger partial charge in [-0.2, -0.15) is 0 Å². The third kappa shape index (κ3) is 7.00. The summed E-state index contributed by atoms with van der Waals surface area (Å²) in [5.74, 6) is 0.969. The van der Waals surface area contributed by atoms with Crippen LogP contribution >= 0.6 is 0 Å². The van der Waals surface area contributed by atoms with Gasteiger partial charge in [0.2, 0.25) is 10.0 Å². The molecule has 154 valence electrons. The Kier molecular flexibility index (Phi) is 7.98. The molecule has 1 aromatic rings. The van der Waals surface area contributed by atoms with Crippen LogP contribution in [0, 0.1) is 6.92 Å². The van der Waals surface area contributed by atoms with Gasteiger partial charge in [-0.3, -0.25) is 0 Å². The number of sulfonamides is 1. The van der Waals surface area contributed by atoms with Gasteiger partial charge >= 0.3 is 0 Å². The summed E-state index contributed by atoms with van der Waals surface area (Å²) in [6.45, 7) is 8.63. The van der Waals surface area contributed by atoms with Crippen molar-refractivity contribution >= 4 is 15.7 Å². The van der Waals surface area contributed by atoms with E-state index < -0.39 is 14.8 Å². The van der Waals surface area contributed by atoms with Crippen LogP contribution in [0.25, 0.3) is 0 Å². The van der Waals surface area contributed by atoms with Crippen molar-refractivity contribution in [2.45, 2.75) is 83.5 Å². The van der Waals surface area contributed by atoms with E-state index in [0.29, 0.717) is 12.6 Å². The largest absolute Gasteiger partial charge is 0.490 e. The summed E-state index contributed by atoms with van der Waals surface area (Å²) in [5, 5.41) is 3.47. The average Bonchev–Trinajstić information content (AvgIpc) is 3.07. The standard InChI is InChI=1S/C21H36N2O3S/c1-17-16-19(26-18-10-6-7-11-18)12-13-20(17)22-14-8-5-9-15-23-27(24,25)21(2,3)4/h12-13,16,18,22-23H,5-11,14-15H2,1-4H3. The van der Waals surface area contributed by atoms with Crippen molar-refractivity contribution in [3.05, 3.63) is 23.8 Å². The zero-order valence-electron chi connectivity index (χ0n) is 17.3. The van der Waals surface area contributed by atoms with Gasteiger partial charge in [0.15, 0.2) is 0 Å². The molecule has 27 heavy (non-hydrogen) atoms. The van der Waals surface area contributed by atoms with E-state index in [1.807, 2.05) is 0 Å². The number of hydrogen-bond acceptors (Lipinski definition) is 4. The fraction of sp³-hybridized carbons (Fsp3) is 0.714. The molecule has 0 heterocycles. The Bertz CT molecular complexity index is 690. The monoisotopic (exact) mass is 396 g/mol. The lowest BCUT2D eigenvalue weighted by molar-refractivity contribution is 0.210. The number of unbranched alkanes of at least 4 members (excludes halogenated alkanes) is 2. The first-order valence-corrected chi connectivity index (χ1v) is 11.7. The van der Waals surface area contributed by atoms with Crippen LogP contribution in [-0.4, -0.2) is 32.4 Å². The van der Waals surface area contributed by atoms with E-state index in [9.17, 15) is 8.42 Å². The molecular weight excluding hydrogens is 360 g/mol. The molecule has 2 rings (SSSR count). The molecule has 6 heteroatoms. The third-order valence-electron chi connectivity index (χ3n) is 5.07. The molecule has 2 N–H and O–H groups in total. The third-order valence-corrected chi connectivity index (χ3v) is 7.27. The molecule has 0 aromatic heterocycles. The van der Waals surface area contributed by atoms with Crippen molar-refractivity contribution in [3.8, 4) is 5.75 Å². The minimum Gasteiger partial charge on any atom is -0.490 e. The Morgan fingerprint density at radius 3 is 2.37 bits per heavy atom. The lowest BCUT2D eigenvalue weighted by atomic mass is 10.1. The first-order chi connectivity index (χ1) is 12.7. The highest BCUT2D eigenvalue weighted by Gasteiger charge is 2.27. The quantitative estimate of drug-likeness (QED) is 0.567. The maximum atomic E-state index is 12.0. The predicted octanol–water partition coefficient (Wildman–Crippen LogP) is 4.62. The van der Waals surface area contributed by atoms with Gasteiger partial charge in [0.25, 0.3) is 0 Å². The van der Waals surface area contributed by atoms with E-state index in [1.165, 1.54) is 31.2 Å². The number of ether oxygens (including phenoxy) is 1. The highest BCUT2D eigenvalue weighted by Crippen LogP contribution is 2.27. The summed E-state index contributed by atoms with van der Waals surface area (Å²) >= 11 is 0. The lowest BCUT2D eigenvalue weighted by Gasteiger charge is -2.19. The molecule has 1 saturated carbocycles. The van der Waals surface area contributed by atoms with Crippen molar-refractivity contribution in [1.82, 2.24) is 4.72 Å². The van der Waals surface area contributed by atoms with Crippen LogP contribution in [0.5, 0.6) is 5.75 Å². The van der Waals surface area contributed by atoms with Crippen LogP contribution in [0.15, 0.2) is 18.2 Å². The Labute approximate surface area is 165 Å². The van der Waals surface area contributed by atoms with E-state index in [-0.39, 0.29) is 0 Å². The number of nitrogens with one attached hydrogen (secondary N) is 2. The SMILES string of the molecule is Cc1cc(OC2CCCC2)ccc1NCCCCCNS(=O)(=O)C(C)(C)C. The Morgan fingerprint density at radius 2 is 1.74 bits per heavy atom. The summed E-state index contributed by atoms with van der Waals surface area (Å²) in [6.07, 6.45) is 8.14. The van der Waals surface area contributed by atoms with Gasteiger partial charge < -0.3 is 10.1 Å². The van der Waals surface area contributed by atoms with Crippen molar-refractivity contribution < 1.29 is 13.2 Å². The Balaban J connectivity index is 1.64. The van der Waals surface area contributed by atoms with Crippen LogP contribution in [0.2, 0.25) is 0 Å². The summed E-state index contributed by atoms with van der Waals surface area (Å²) < 4.78 is 31.9. The van der Waals surface area contributed by atoms with Gasteiger partial charge in [-0.05, 0) is 90.0 Å². The predicted molar refractivity (Wildman–Crippen MR) is 113 cm³/mol. The topological polar surface area (TPSA) is 67.4 Å². The van der Waals surface area contributed by atoms with E-state index in [1.54, 1.807) is 20.8 Å². The number of anilines is 1. The zero-order valence-corrected chi connectivity index (χ0v) is 18.1. The van der Waals surface area contributed by atoms with E-state index in [0.717, 1.165) is 37.2 Å². The molecule has 0 radical (unpaired) electrons. The molecular formula is C21H36N2O3S. The zero-order chi connectivity index (χ0) is 19.9. The summed E-state index contributed by atoms with van der Waals surface area (Å²) in [4.78, 5) is 0. The number of benzene rings is 1. The molecule has 1 aliphatic rings. The number of aryl methyl sites for hydroxylation is 1. The van der Waals surface area contributed by atoms with Gasteiger partial charge in [-0.1, -0.05) is 6.42 Å². The van der Waals surface area contributed by atoms with Crippen LogP contribution in [0.4, 0.5) is 5.69 Å². The van der Waals surface area contributed by atoms with Crippen LogP contribution < -0.4 is 14.8 Å².